The molecule has 2 aromatic carbocycles. The van der Waals surface area contributed by atoms with Gasteiger partial charge in [-0.2, -0.15) is 0 Å². The Balaban J connectivity index is 1.68. The second-order valence-electron chi connectivity index (χ2n) is 7.80. The van der Waals surface area contributed by atoms with Crippen LogP contribution in [-0.4, -0.2) is 33.0 Å². The first-order valence-electron chi connectivity index (χ1n) is 10.1. The molecule has 3 aromatic rings. The average molecular weight is 425 g/mol. The molecule has 7 heteroatoms. The second kappa shape index (κ2) is 8.15. The van der Waals surface area contributed by atoms with Crippen LogP contribution in [0.1, 0.15) is 27.8 Å². The molecule has 1 aromatic heterocycles. The van der Waals surface area contributed by atoms with Crippen LogP contribution in [0.2, 0.25) is 0 Å². The van der Waals surface area contributed by atoms with Crippen molar-refractivity contribution in [3.8, 4) is 23.0 Å². The molecule has 0 saturated heterocycles. The molecule has 0 spiro atoms. The van der Waals surface area contributed by atoms with E-state index >= 15 is 0 Å². The van der Waals surface area contributed by atoms with Crippen molar-refractivity contribution in [2.45, 2.75) is 33.9 Å². The Kier molecular flexibility index (Phi) is 5.54. The third-order valence-corrected chi connectivity index (χ3v) is 5.92. The van der Waals surface area contributed by atoms with Crippen LogP contribution in [0.4, 0.5) is 0 Å². The van der Waals surface area contributed by atoms with E-state index in [4.69, 9.17) is 23.4 Å². The van der Waals surface area contributed by atoms with Crippen LogP contribution in [0.15, 0.2) is 27.4 Å². The minimum Gasteiger partial charge on any atom is -0.493 e. The van der Waals surface area contributed by atoms with Crippen LogP contribution >= 0.6 is 0 Å². The quantitative estimate of drug-likeness (QED) is 0.570. The number of fused-ring (bicyclic) bond motifs is 2. The van der Waals surface area contributed by atoms with Crippen molar-refractivity contribution in [2.75, 3.05) is 28.1 Å². The number of aryl methyl sites for hydroxylation is 2. The molecule has 164 valence electrons. The molecule has 31 heavy (non-hydrogen) atoms. The largest absolute Gasteiger partial charge is 0.493 e. The molecule has 0 fully saturated rings. The van der Waals surface area contributed by atoms with Gasteiger partial charge in [0.1, 0.15) is 18.1 Å². The summed E-state index contributed by atoms with van der Waals surface area (Å²) in [4.78, 5) is 14.3. The molecule has 0 unspecified atom stereocenters. The Morgan fingerprint density at radius 3 is 2.23 bits per heavy atom. The van der Waals surface area contributed by atoms with E-state index in [-0.39, 0.29) is 5.63 Å². The number of hydrogen-bond donors (Lipinski definition) is 0. The fraction of sp³-hybridized carbons (Fsp3) is 0.375. The van der Waals surface area contributed by atoms with Crippen molar-refractivity contribution >= 4 is 11.0 Å². The lowest BCUT2D eigenvalue weighted by atomic mass is 9.99. The second-order valence-corrected chi connectivity index (χ2v) is 7.80. The van der Waals surface area contributed by atoms with Gasteiger partial charge in [-0.3, -0.25) is 4.90 Å². The third kappa shape index (κ3) is 3.59. The Morgan fingerprint density at radius 2 is 1.61 bits per heavy atom. The van der Waals surface area contributed by atoms with Crippen LogP contribution in [0.5, 0.6) is 23.0 Å². The Morgan fingerprint density at radius 1 is 0.935 bits per heavy atom. The molecule has 2 heterocycles. The summed E-state index contributed by atoms with van der Waals surface area (Å²) in [6.45, 7) is 7.47. The van der Waals surface area contributed by atoms with Gasteiger partial charge >= 0.3 is 5.63 Å². The lowest BCUT2D eigenvalue weighted by Crippen LogP contribution is -2.32. The molecule has 0 atom stereocenters. The number of ether oxygens (including phenoxy) is 4. The third-order valence-electron chi connectivity index (χ3n) is 5.92. The van der Waals surface area contributed by atoms with Gasteiger partial charge in [-0.15, -0.1) is 0 Å². The summed E-state index contributed by atoms with van der Waals surface area (Å²) in [5.74, 6) is 2.61. The number of methoxy groups -OCH3 is 3. The molecule has 0 aliphatic carbocycles. The van der Waals surface area contributed by atoms with Gasteiger partial charge in [-0.25, -0.2) is 4.79 Å². The van der Waals surface area contributed by atoms with Crippen molar-refractivity contribution in [3.63, 3.8) is 0 Å². The zero-order valence-corrected chi connectivity index (χ0v) is 18.8. The topological polar surface area (TPSA) is 70.4 Å². The van der Waals surface area contributed by atoms with Crippen LogP contribution < -0.4 is 24.6 Å². The predicted molar refractivity (Wildman–Crippen MR) is 118 cm³/mol. The maximum Gasteiger partial charge on any atom is 0.339 e. The molecule has 1 aliphatic rings. The first kappa shape index (κ1) is 21.1. The van der Waals surface area contributed by atoms with E-state index in [1.807, 2.05) is 26.0 Å². The van der Waals surface area contributed by atoms with Gasteiger partial charge in [-0.1, -0.05) is 0 Å². The highest BCUT2D eigenvalue weighted by molar-refractivity contribution is 5.87. The van der Waals surface area contributed by atoms with Gasteiger partial charge in [0.2, 0.25) is 5.75 Å². The van der Waals surface area contributed by atoms with Crippen LogP contribution in [0, 0.1) is 20.8 Å². The summed E-state index contributed by atoms with van der Waals surface area (Å²) in [6.07, 6.45) is 0. The van der Waals surface area contributed by atoms with E-state index in [9.17, 15) is 4.79 Å². The molecule has 4 rings (SSSR count). The van der Waals surface area contributed by atoms with E-state index < -0.39 is 0 Å². The Bertz CT molecular complexity index is 1190. The number of nitrogens with zero attached hydrogens (tertiary/aromatic N) is 1. The molecule has 7 nitrogen and oxygen atoms in total. The van der Waals surface area contributed by atoms with E-state index in [0.29, 0.717) is 48.2 Å². The maximum atomic E-state index is 12.1. The van der Waals surface area contributed by atoms with E-state index in [1.165, 1.54) is 0 Å². The standard InChI is InChI=1S/C24H27NO6/c1-13-14(2)24(26)31-22-15(3)21-17(9-18(13)22)11-25(12-30-21)10-16-7-19(27-4)23(29-6)20(8-16)28-5/h7-9H,10-12H2,1-6H3. The summed E-state index contributed by atoms with van der Waals surface area (Å²) in [7, 11) is 4.81. The summed E-state index contributed by atoms with van der Waals surface area (Å²) in [6, 6.07) is 5.97. The van der Waals surface area contributed by atoms with Gasteiger partial charge in [0.25, 0.3) is 0 Å². The van der Waals surface area contributed by atoms with Crippen molar-refractivity contribution < 1.29 is 23.4 Å². The highest BCUT2D eigenvalue weighted by atomic mass is 16.5. The SMILES string of the molecule is COc1cc(CN2COc3c(cc4c(C)c(C)c(=O)oc4c3C)C2)cc(OC)c1OC. The van der Waals surface area contributed by atoms with Crippen LogP contribution in [-0.2, 0) is 13.1 Å². The zero-order chi connectivity index (χ0) is 22.3. The predicted octanol–water partition coefficient (Wildman–Crippen LogP) is 4.10. The first-order valence-corrected chi connectivity index (χ1v) is 10.1. The van der Waals surface area contributed by atoms with Gasteiger partial charge in [0, 0.05) is 35.2 Å². The average Bonchev–Trinajstić information content (AvgIpc) is 2.77. The summed E-state index contributed by atoms with van der Waals surface area (Å²) in [5, 5.41) is 0.951. The van der Waals surface area contributed by atoms with Crippen LogP contribution in [0.25, 0.3) is 11.0 Å². The van der Waals surface area contributed by atoms with Gasteiger partial charge < -0.3 is 23.4 Å². The molecular formula is C24H27NO6. The highest BCUT2D eigenvalue weighted by Crippen LogP contribution is 2.40. The number of hydrogen-bond acceptors (Lipinski definition) is 7. The zero-order valence-electron chi connectivity index (χ0n) is 18.8. The molecule has 1 aliphatic heterocycles. The Labute approximate surface area is 181 Å². The summed E-state index contributed by atoms with van der Waals surface area (Å²) < 4.78 is 28.0. The van der Waals surface area contributed by atoms with Gasteiger partial charge in [-0.05, 0) is 50.1 Å². The fourth-order valence-corrected chi connectivity index (χ4v) is 4.13. The number of benzene rings is 2. The van der Waals surface area contributed by atoms with E-state index in [0.717, 1.165) is 33.4 Å². The van der Waals surface area contributed by atoms with E-state index in [2.05, 4.69) is 11.0 Å². The highest BCUT2D eigenvalue weighted by Gasteiger charge is 2.24. The first-order chi connectivity index (χ1) is 14.9. The molecule has 0 N–H and O–H groups in total. The molecule has 0 saturated carbocycles. The van der Waals surface area contributed by atoms with Crippen LogP contribution in [0.3, 0.4) is 0 Å². The monoisotopic (exact) mass is 425 g/mol. The molecular weight excluding hydrogens is 398 g/mol. The lowest BCUT2D eigenvalue weighted by Gasteiger charge is -2.30. The van der Waals surface area contributed by atoms with Crippen molar-refractivity contribution in [3.05, 3.63) is 56.4 Å². The summed E-state index contributed by atoms with van der Waals surface area (Å²) >= 11 is 0. The van der Waals surface area contributed by atoms with Crippen molar-refractivity contribution in [1.29, 1.82) is 0 Å². The fourth-order valence-electron chi connectivity index (χ4n) is 4.13. The maximum absolute atomic E-state index is 12.1. The van der Waals surface area contributed by atoms with E-state index in [1.54, 1.807) is 28.3 Å². The van der Waals surface area contributed by atoms with Crippen molar-refractivity contribution in [1.82, 2.24) is 4.90 Å². The lowest BCUT2D eigenvalue weighted by molar-refractivity contribution is 0.0879. The number of rotatable bonds is 5. The Hall–Kier alpha value is -3.19. The summed E-state index contributed by atoms with van der Waals surface area (Å²) in [5.41, 5.74) is 4.84. The molecule has 0 bridgehead atoms. The normalized spacial score (nSPS) is 13.6. The molecule has 0 radical (unpaired) electrons. The minimum absolute atomic E-state index is 0.298. The van der Waals surface area contributed by atoms with Crippen molar-refractivity contribution in [2.24, 2.45) is 0 Å². The van der Waals surface area contributed by atoms with Gasteiger partial charge in [0.15, 0.2) is 11.5 Å². The smallest absolute Gasteiger partial charge is 0.339 e. The minimum atomic E-state index is -0.298. The van der Waals surface area contributed by atoms with Gasteiger partial charge in [0.05, 0.1) is 21.3 Å². The molecule has 0 amide bonds.